The van der Waals surface area contributed by atoms with E-state index in [-0.39, 0.29) is 19.0 Å². The summed E-state index contributed by atoms with van der Waals surface area (Å²) in [6.07, 6.45) is 6.20. The standard InChI is InChI=1S/C21H28O6/c1-3-4-5-6-7-19(23)26-15-21(14-22)13-17(20(24)27-21)12-16-8-10-18(25-2)11-9-16/h8-12,22H,3-7,13-15H2,1-2H3/b17-12+. The van der Waals surface area contributed by atoms with Crippen LogP contribution in [-0.4, -0.2) is 43.0 Å². The van der Waals surface area contributed by atoms with Crippen molar-refractivity contribution in [1.82, 2.24) is 0 Å². The SMILES string of the molecule is CCCCCCC(=O)OCC1(CO)C/C(=C\c2ccc(OC)cc2)C(=O)O1. The van der Waals surface area contributed by atoms with Gasteiger partial charge < -0.3 is 19.3 Å². The molecule has 1 N–H and O–H groups in total. The van der Waals surface area contributed by atoms with E-state index in [1.165, 1.54) is 0 Å². The van der Waals surface area contributed by atoms with Crippen molar-refractivity contribution in [3.8, 4) is 5.75 Å². The van der Waals surface area contributed by atoms with Crippen LogP contribution in [0.3, 0.4) is 0 Å². The number of hydrogen-bond donors (Lipinski definition) is 1. The first-order valence-electron chi connectivity index (χ1n) is 9.36. The highest BCUT2D eigenvalue weighted by molar-refractivity contribution is 5.96. The maximum absolute atomic E-state index is 12.2. The van der Waals surface area contributed by atoms with E-state index < -0.39 is 18.2 Å². The molecule has 1 aromatic rings. The number of benzene rings is 1. The summed E-state index contributed by atoms with van der Waals surface area (Å²) < 4.78 is 15.7. The van der Waals surface area contributed by atoms with Crippen LogP contribution in [0.1, 0.15) is 51.0 Å². The molecule has 0 aromatic heterocycles. The van der Waals surface area contributed by atoms with E-state index in [0.29, 0.717) is 12.0 Å². The van der Waals surface area contributed by atoms with Gasteiger partial charge in [-0.1, -0.05) is 38.3 Å². The molecular formula is C21H28O6. The monoisotopic (exact) mass is 376 g/mol. The molecular weight excluding hydrogens is 348 g/mol. The van der Waals surface area contributed by atoms with Crippen molar-refractivity contribution in [3.05, 3.63) is 35.4 Å². The summed E-state index contributed by atoms with van der Waals surface area (Å²) in [6.45, 7) is 1.57. The van der Waals surface area contributed by atoms with Crippen molar-refractivity contribution in [2.24, 2.45) is 0 Å². The summed E-state index contributed by atoms with van der Waals surface area (Å²) in [7, 11) is 1.59. The second-order valence-electron chi connectivity index (χ2n) is 6.82. The van der Waals surface area contributed by atoms with Gasteiger partial charge in [0.15, 0.2) is 5.60 Å². The minimum absolute atomic E-state index is 0.137. The largest absolute Gasteiger partial charge is 0.497 e. The van der Waals surface area contributed by atoms with E-state index in [9.17, 15) is 14.7 Å². The summed E-state index contributed by atoms with van der Waals surface area (Å²) in [5.74, 6) is -0.108. The van der Waals surface area contributed by atoms with E-state index in [0.717, 1.165) is 37.0 Å². The fourth-order valence-corrected chi connectivity index (χ4v) is 2.92. The van der Waals surface area contributed by atoms with Gasteiger partial charge in [-0.05, 0) is 30.2 Å². The molecule has 6 heteroatoms. The van der Waals surface area contributed by atoms with Gasteiger partial charge in [0, 0.05) is 18.4 Å². The topological polar surface area (TPSA) is 82.1 Å². The number of hydrogen-bond acceptors (Lipinski definition) is 6. The summed E-state index contributed by atoms with van der Waals surface area (Å²) in [5, 5.41) is 9.73. The van der Waals surface area contributed by atoms with Crippen LogP contribution in [0, 0.1) is 0 Å². The second-order valence-corrected chi connectivity index (χ2v) is 6.82. The zero-order valence-electron chi connectivity index (χ0n) is 16.0. The number of carbonyl (C=O) groups is 2. The van der Waals surface area contributed by atoms with Crippen LogP contribution in [0.25, 0.3) is 6.08 Å². The van der Waals surface area contributed by atoms with Crippen LogP contribution in [0.2, 0.25) is 0 Å². The summed E-state index contributed by atoms with van der Waals surface area (Å²) in [4.78, 5) is 24.1. The lowest BCUT2D eigenvalue weighted by Crippen LogP contribution is -2.39. The second kappa shape index (κ2) is 10.1. The molecule has 0 aliphatic carbocycles. The van der Waals surface area contributed by atoms with Gasteiger partial charge in [-0.25, -0.2) is 4.79 Å². The van der Waals surface area contributed by atoms with Gasteiger partial charge in [-0.15, -0.1) is 0 Å². The quantitative estimate of drug-likeness (QED) is 0.383. The van der Waals surface area contributed by atoms with Crippen molar-refractivity contribution in [1.29, 1.82) is 0 Å². The molecule has 1 saturated heterocycles. The number of aliphatic hydroxyl groups is 1. The van der Waals surface area contributed by atoms with Gasteiger partial charge in [0.25, 0.3) is 0 Å². The maximum Gasteiger partial charge on any atom is 0.334 e. The number of methoxy groups -OCH3 is 1. The number of unbranched alkanes of at least 4 members (excludes halogenated alkanes) is 3. The highest BCUT2D eigenvalue weighted by atomic mass is 16.6. The molecule has 1 fully saturated rings. The first-order chi connectivity index (χ1) is 13.0. The van der Waals surface area contributed by atoms with Crippen LogP contribution >= 0.6 is 0 Å². The Kier molecular flexibility index (Phi) is 7.85. The van der Waals surface area contributed by atoms with Crippen LogP contribution < -0.4 is 4.74 Å². The molecule has 27 heavy (non-hydrogen) atoms. The van der Waals surface area contributed by atoms with Gasteiger partial charge in [-0.2, -0.15) is 0 Å². The third-order valence-electron chi connectivity index (χ3n) is 4.56. The summed E-state index contributed by atoms with van der Waals surface area (Å²) >= 11 is 0. The molecule has 0 spiro atoms. The molecule has 0 radical (unpaired) electrons. The van der Waals surface area contributed by atoms with E-state index in [2.05, 4.69) is 6.92 Å². The average Bonchev–Trinajstić information content (AvgIpc) is 3.00. The number of esters is 2. The molecule has 148 valence electrons. The van der Waals surface area contributed by atoms with Crippen LogP contribution in [-0.2, 0) is 19.1 Å². The zero-order valence-corrected chi connectivity index (χ0v) is 16.0. The van der Waals surface area contributed by atoms with Gasteiger partial charge in [0.2, 0.25) is 0 Å². The molecule has 1 aliphatic heterocycles. The van der Waals surface area contributed by atoms with Crippen LogP contribution in [0.5, 0.6) is 5.75 Å². The van der Waals surface area contributed by atoms with Crippen molar-refractivity contribution < 1.29 is 28.9 Å². The first-order valence-corrected chi connectivity index (χ1v) is 9.36. The molecule has 1 atom stereocenters. The third-order valence-corrected chi connectivity index (χ3v) is 4.56. The molecule has 1 unspecified atom stereocenters. The Morgan fingerprint density at radius 2 is 2.00 bits per heavy atom. The molecule has 0 saturated carbocycles. The molecule has 1 aliphatic rings. The van der Waals surface area contributed by atoms with E-state index in [1.807, 2.05) is 12.1 Å². The average molecular weight is 376 g/mol. The molecule has 0 bridgehead atoms. The van der Waals surface area contributed by atoms with Crippen LogP contribution in [0.4, 0.5) is 0 Å². The maximum atomic E-state index is 12.2. The Morgan fingerprint density at radius 1 is 1.26 bits per heavy atom. The smallest absolute Gasteiger partial charge is 0.334 e. The highest BCUT2D eigenvalue weighted by Gasteiger charge is 2.44. The fourth-order valence-electron chi connectivity index (χ4n) is 2.92. The van der Waals surface area contributed by atoms with E-state index >= 15 is 0 Å². The molecule has 0 amide bonds. The van der Waals surface area contributed by atoms with Crippen molar-refractivity contribution in [3.63, 3.8) is 0 Å². The Balaban J connectivity index is 1.94. The number of aliphatic hydroxyl groups excluding tert-OH is 1. The zero-order chi connectivity index (χ0) is 19.7. The van der Waals surface area contributed by atoms with Gasteiger partial charge >= 0.3 is 11.9 Å². The number of rotatable bonds is 10. The fraction of sp³-hybridized carbons (Fsp3) is 0.524. The lowest BCUT2D eigenvalue weighted by atomic mass is 9.98. The van der Waals surface area contributed by atoms with E-state index in [4.69, 9.17) is 14.2 Å². The number of ether oxygens (including phenoxy) is 3. The summed E-state index contributed by atoms with van der Waals surface area (Å²) in [5.41, 5.74) is 0.0618. The predicted molar refractivity (Wildman–Crippen MR) is 101 cm³/mol. The highest BCUT2D eigenvalue weighted by Crippen LogP contribution is 2.32. The van der Waals surface area contributed by atoms with Gasteiger partial charge in [0.05, 0.1) is 13.7 Å². The van der Waals surface area contributed by atoms with E-state index in [1.54, 1.807) is 25.3 Å². The van der Waals surface area contributed by atoms with Gasteiger partial charge in [0.1, 0.15) is 12.4 Å². The third kappa shape index (κ3) is 6.10. The molecule has 1 heterocycles. The molecule has 6 nitrogen and oxygen atoms in total. The first kappa shape index (κ1) is 21.0. The van der Waals surface area contributed by atoms with Crippen molar-refractivity contribution >= 4 is 18.0 Å². The normalized spacial score (nSPS) is 20.6. The summed E-state index contributed by atoms with van der Waals surface area (Å²) in [6, 6.07) is 7.25. The number of carbonyl (C=O) groups excluding carboxylic acids is 2. The molecule has 2 rings (SSSR count). The number of cyclic esters (lactones) is 1. The van der Waals surface area contributed by atoms with Crippen molar-refractivity contribution in [2.75, 3.05) is 20.3 Å². The van der Waals surface area contributed by atoms with Crippen LogP contribution in [0.15, 0.2) is 29.8 Å². The minimum atomic E-state index is -1.20. The lowest BCUT2D eigenvalue weighted by molar-refractivity contribution is -0.166. The Hall–Kier alpha value is -2.34. The minimum Gasteiger partial charge on any atom is -0.497 e. The molecule has 1 aromatic carbocycles. The Bertz CT molecular complexity index is 664. The Labute approximate surface area is 160 Å². The Morgan fingerprint density at radius 3 is 2.63 bits per heavy atom. The van der Waals surface area contributed by atoms with Crippen molar-refractivity contribution in [2.45, 2.75) is 51.0 Å². The van der Waals surface area contributed by atoms with Gasteiger partial charge in [-0.3, -0.25) is 4.79 Å². The lowest BCUT2D eigenvalue weighted by Gasteiger charge is -2.24. The predicted octanol–water partition coefficient (Wildman–Crippen LogP) is 3.27.